The van der Waals surface area contributed by atoms with Crippen LogP contribution in [0, 0.1) is 25.7 Å². The number of ether oxygens (including phenoxy) is 1. The summed E-state index contributed by atoms with van der Waals surface area (Å²) in [6.45, 7) is 6.35. The number of fused-ring (bicyclic) bond motifs is 1. The summed E-state index contributed by atoms with van der Waals surface area (Å²) in [5.41, 5.74) is 2.88. The van der Waals surface area contributed by atoms with E-state index in [9.17, 15) is 9.59 Å². The van der Waals surface area contributed by atoms with Crippen LogP contribution in [0.25, 0.3) is 0 Å². The summed E-state index contributed by atoms with van der Waals surface area (Å²) in [7, 11) is 1.79. The molecular weight excluding hydrogens is 392 g/mol. The molecule has 4 heterocycles. The fraction of sp³-hybridized carbons (Fsp3) is 0.458. The van der Waals surface area contributed by atoms with E-state index in [0.29, 0.717) is 26.2 Å². The average molecular weight is 421 g/mol. The first-order valence-corrected chi connectivity index (χ1v) is 10.8. The van der Waals surface area contributed by atoms with Crippen molar-refractivity contribution in [3.63, 3.8) is 0 Å². The first-order valence-electron chi connectivity index (χ1n) is 10.8. The van der Waals surface area contributed by atoms with Crippen LogP contribution in [0.4, 0.5) is 0 Å². The van der Waals surface area contributed by atoms with Crippen LogP contribution < -0.4 is 0 Å². The van der Waals surface area contributed by atoms with Crippen molar-refractivity contribution < 1.29 is 14.3 Å². The highest BCUT2D eigenvalue weighted by Gasteiger charge is 2.67. The van der Waals surface area contributed by atoms with Crippen molar-refractivity contribution in [1.29, 1.82) is 0 Å². The molecular formula is C24H28N4O3. The molecule has 31 heavy (non-hydrogen) atoms. The molecule has 5 rings (SSSR count). The van der Waals surface area contributed by atoms with Gasteiger partial charge in [-0.15, -0.1) is 0 Å². The molecule has 2 amide bonds. The number of nitrogens with zero attached hydrogens (tertiary/aromatic N) is 4. The van der Waals surface area contributed by atoms with Crippen molar-refractivity contribution in [3.05, 3.63) is 65.5 Å². The zero-order valence-corrected chi connectivity index (χ0v) is 18.2. The number of hydrogen-bond donors (Lipinski definition) is 0. The summed E-state index contributed by atoms with van der Waals surface area (Å²) in [6.07, 6.45) is 7.25. The number of hydrogen-bond acceptors (Lipinski definition) is 4. The molecule has 0 radical (unpaired) electrons. The number of amides is 2. The monoisotopic (exact) mass is 420 g/mol. The summed E-state index contributed by atoms with van der Waals surface area (Å²) in [5.74, 6) is -0.933. The van der Waals surface area contributed by atoms with E-state index in [2.05, 4.69) is 37.1 Å². The van der Waals surface area contributed by atoms with Crippen molar-refractivity contribution in [2.75, 3.05) is 20.1 Å². The van der Waals surface area contributed by atoms with E-state index in [1.54, 1.807) is 22.8 Å². The standard InChI is InChI=1S/C24H28N4O3/c1-16-5-6-18(13-17(16)2)14-27-15-24-8-7-19(31-24)20(21(24)23(27)30)22(29)26(3)11-12-28-10-4-9-25-28/h4-10,13,19-21H,11-12,14-15H2,1-3H3/t19-,20?,21?,24-/m0/s1. The lowest BCUT2D eigenvalue weighted by atomic mass is 9.76. The summed E-state index contributed by atoms with van der Waals surface area (Å²) in [6, 6.07) is 8.16. The van der Waals surface area contributed by atoms with Gasteiger partial charge >= 0.3 is 0 Å². The van der Waals surface area contributed by atoms with Gasteiger partial charge in [-0.05, 0) is 36.6 Å². The fourth-order valence-corrected chi connectivity index (χ4v) is 5.17. The van der Waals surface area contributed by atoms with E-state index < -0.39 is 17.4 Å². The SMILES string of the molecule is Cc1ccc(CN2C[C@]34C=C[C@H](O3)C(C(=O)N(C)CCn3cccn3)C4C2=O)cc1C. The molecule has 4 atom stereocenters. The Bertz CT molecular complexity index is 1050. The Morgan fingerprint density at radius 1 is 1.32 bits per heavy atom. The molecule has 7 nitrogen and oxygen atoms in total. The number of carbonyl (C=O) groups is 2. The van der Waals surface area contributed by atoms with Gasteiger partial charge in [0.15, 0.2) is 0 Å². The van der Waals surface area contributed by atoms with E-state index in [0.717, 1.165) is 5.56 Å². The largest absolute Gasteiger partial charge is 0.360 e. The molecule has 2 bridgehead atoms. The number of carbonyl (C=O) groups excluding carboxylic acids is 2. The van der Waals surface area contributed by atoms with Gasteiger partial charge in [-0.2, -0.15) is 5.10 Å². The van der Waals surface area contributed by atoms with Crippen LogP contribution >= 0.6 is 0 Å². The number of benzene rings is 1. The van der Waals surface area contributed by atoms with Crippen LogP contribution in [0.3, 0.4) is 0 Å². The zero-order valence-electron chi connectivity index (χ0n) is 18.2. The fourth-order valence-electron chi connectivity index (χ4n) is 5.17. The van der Waals surface area contributed by atoms with Crippen LogP contribution in [0.1, 0.15) is 16.7 Å². The van der Waals surface area contributed by atoms with E-state index in [1.807, 2.05) is 29.3 Å². The minimum Gasteiger partial charge on any atom is -0.360 e. The number of aryl methyl sites for hydroxylation is 2. The lowest BCUT2D eigenvalue weighted by molar-refractivity contribution is -0.142. The maximum atomic E-state index is 13.4. The van der Waals surface area contributed by atoms with Crippen molar-refractivity contribution in [1.82, 2.24) is 19.6 Å². The highest BCUT2D eigenvalue weighted by molar-refractivity contribution is 5.93. The normalized spacial score (nSPS) is 28.4. The van der Waals surface area contributed by atoms with Crippen molar-refractivity contribution in [3.8, 4) is 0 Å². The lowest BCUT2D eigenvalue weighted by Gasteiger charge is -2.27. The highest BCUT2D eigenvalue weighted by Crippen LogP contribution is 2.52. The van der Waals surface area contributed by atoms with Gasteiger partial charge in [0.25, 0.3) is 0 Å². The maximum Gasteiger partial charge on any atom is 0.230 e. The van der Waals surface area contributed by atoms with Crippen LogP contribution in [0.15, 0.2) is 48.8 Å². The quantitative estimate of drug-likeness (QED) is 0.670. The van der Waals surface area contributed by atoms with E-state index in [1.165, 1.54) is 11.1 Å². The first kappa shape index (κ1) is 20.0. The molecule has 2 fully saturated rings. The third-order valence-corrected chi connectivity index (χ3v) is 7.01. The van der Waals surface area contributed by atoms with E-state index in [4.69, 9.17) is 4.74 Å². The predicted octanol–water partition coefficient (Wildman–Crippen LogP) is 1.94. The van der Waals surface area contributed by atoms with E-state index in [-0.39, 0.29) is 17.9 Å². The maximum absolute atomic E-state index is 13.4. The third kappa shape index (κ3) is 3.28. The molecule has 3 aliphatic rings. The summed E-state index contributed by atoms with van der Waals surface area (Å²) in [4.78, 5) is 30.3. The van der Waals surface area contributed by atoms with Gasteiger partial charge in [0, 0.05) is 32.5 Å². The summed E-state index contributed by atoms with van der Waals surface area (Å²) < 4.78 is 8.06. The molecule has 7 heteroatoms. The molecule has 1 aromatic heterocycles. The third-order valence-electron chi connectivity index (χ3n) is 7.01. The first-order chi connectivity index (χ1) is 14.9. The van der Waals surface area contributed by atoms with Crippen LogP contribution in [-0.4, -0.2) is 63.2 Å². The zero-order chi connectivity index (χ0) is 21.8. The van der Waals surface area contributed by atoms with Gasteiger partial charge < -0.3 is 14.5 Å². The lowest BCUT2D eigenvalue weighted by Crippen LogP contribution is -2.45. The van der Waals surface area contributed by atoms with Gasteiger partial charge in [0.05, 0.1) is 31.0 Å². The second-order valence-corrected chi connectivity index (χ2v) is 9.04. The van der Waals surface area contributed by atoms with Crippen molar-refractivity contribution in [2.45, 2.75) is 38.6 Å². The van der Waals surface area contributed by atoms with Crippen LogP contribution in [0.2, 0.25) is 0 Å². The van der Waals surface area contributed by atoms with Crippen molar-refractivity contribution >= 4 is 11.8 Å². The molecule has 2 aromatic rings. The number of likely N-dealkylation sites (N-methyl/N-ethyl adjacent to an activating group) is 1. The van der Waals surface area contributed by atoms with Gasteiger partial charge in [0.1, 0.15) is 5.60 Å². The minimum absolute atomic E-state index is 0.0175. The molecule has 3 aliphatic heterocycles. The second kappa shape index (κ2) is 7.34. The molecule has 0 saturated carbocycles. The molecule has 0 aliphatic carbocycles. The van der Waals surface area contributed by atoms with Gasteiger partial charge in [0.2, 0.25) is 11.8 Å². The second-order valence-electron chi connectivity index (χ2n) is 9.04. The van der Waals surface area contributed by atoms with Gasteiger partial charge in [-0.25, -0.2) is 0 Å². The number of aromatic nitrogens is 2. The van der Waals surface area contributed by atoms with Crippen LogP contribution in [-0.2, 0) is 27.4 Å². The van der Waals surface area contributed by atoms with Crippen LogP contribution in [0.5, 0.6) is 0 Å². The topological polar surface area (TPSA) is 67.7 Å². The Morgan fingerprint density at radius 2 is 2.16 bits per heavy atom. The predicted molar refractivity (Wildman–Crippen MR) is 115 cm³/mol. The highest BCUT2D eigenvalue weighted by atomic mass is 16.5. The molecule has 1 spiro atoms. The smallest absolute Gasteiger partial charge is 0.230 e. The number of rotatable bonds is 6. The molecule has 2 unspecified atom stereocenters. The molecule has 162 valence electrons. The van der Waals surface area contributed by atoms with Crippen molar-refractivity contribution in [2.24, 2.45) is 11.8 Å². The Hall–Kier alpha value is -2.93. The molecule has 2 saturated heterocycles. The molecule has 1 aromatic carbocycles. The van der Waals surface area contributed by atoms with Gasteiger partial charge in [-0.1, -0.05) is 30.4 Å². The summed E-state index contributed by atoms with van der Waals surface area (Å²) in [5, 5.41) is 4.19. The summed E-state index contributed by atoms with van der Waals surface area (Å²) >= 11 is 0. The number of likely N-dealkylation sites (tertiary alicyclic amines) is 1. The average Bonchev–Trinajstić information content (AvgIpc) is 3.51. The minimum atomic E-state index is -0.676. The Balaban J connectivity index is 1.32. The Kier molecular flexibility index (Phi) is 4.73. The van der Waals surface area contributed by atoms with E-state index >= 15 is 0 Å². The Labute approximate surface area is 182 Å². The molecule has 0 N–H and O–H groups in total. The van der Waals surface area contributed by atoms with Gasteiger partial charge in [-0.3, -0.25) is 14.3 Å². The Morgan fingerprint density at radius 3 is 2.90 bits per heavy atom.